The Morgan fingerprint density at radius 2 is 1.87 bits per heavy atom. The summed E-state index contributed by atoms with van der Waals surface area (Å²) in [5.74, 6) is 1.42. The van der Waals surface area contributed by atoms with Crippen molar-refractivity contribution in [1.82, 2.24) is 19.8 Å². The van der Waals surface area contributed by atoms with Crippen LogP contribution in [0.4, 0.5) is 0 Å². The summed E-state index contributed by atoms with van der Waals surface area (Å²) in [7, 11) is 0. The summed E-state index contributed by atoms with van der Waals surface area (Å²) in [5, 5.41) is 0. The van der Waals surface area contributed by atoms with Crippen LogP contribution in [0.3, 0.4) is 0 Å². The van der Waals surface area contributed by atoms with E-state index in [2.05, 4.69) is 4.98 Å². The molecule has 3 aliphatic rings. The predicted molar refractivity (Wildman–Crippen MR) is 114 cm³/mol. The molecule has 0 radical (unpaired) electrons. The lowest BCUT2D eigenvalue weighted by atomic mass is 9.86. The summed E-state index contributed by atoms with van der Waals surface area (Å²) in [6.45, 7) is 3.71. The molecule has 1 aromatic heterocycles. The van der Waals surface area contributed by atoms with Gasteiger partial charge in [-0.15, -0.1) is 0 Å². The summed E-state index contributed by atoms with van der Waals surface area (Å²) < 4.78 is 0. The highest BCUT2D eigenvalue weighted by atomic mass is 16.2. The number of amides is 2. The van der Waals surface area contributed by atoms with Gasteiger partial charge < -0.3 is 14.8 Å². The number of H-pyrrole nitrogens is 1. The summed E-state index contributed by atoms with van der Waals surface area (Å²) >= 11 is 0. The van der Waals surface area contributed by atoms with Gasteiger partial charge in [-0.05, 0) is 38.0 Å². The number of carbonyl (C=O) groups excluding carboxylic acids is 2. The van der Waals surface area contributed by atoms with Crippen molar-refractivity contribution in [2.45, 2.75) is 90.1 Å². The lowest BCUT2D eigenvalue weighted by Gasteiger charge is -2.31. The Morgan fingerprint density at radius 3 is 2.63 bits per heavy atom. The molecule has 1 aromatic rings. The third-order valence-corrected chi connectivity index (χ3v) is 6.98. The summed E-state index contributed by atoms with van der Waals surface area (Å²) in [6.07, 6.45) is 10.4. The second-order valence-electron chi connectivity index (χ2n) is 9.15. The third-order valence-electron chi connectivity index (χ3n) is 6.98. The van der Waals surface area contributed by atoms with Crippen molar-refractivity contribution in [1.29, 1.82) is 0 Å². The maximum atomic E-state index is 12.9. The SMILES string of the molecule is CCCC(=O)N1CCCC1c1nc2c(c(=O)[nH]1)CN(C(=O)CC1CCCCC1)CC2. The molecular weight excluding hydrogens is 380 g/mol. The molecule has 1 aliphatic carbocycles. The Kier molecular flexibility index (Phi) is 6.54. The second-order valence-corrected chi connectivity index (χ2v) is 9.15. The fourth-order valence-electron chi connectivity index (χ4n) is 5.29. The number of rotatable bonds is 5. The van der Waals surface area contributed by atoms with Gasteiger partial charge in [-0.3, -0.25) is 14.4 Å². The molecule has 3 heterocycles. The Hall–Kier alpha value is -2.18. The van der Waals surface area contributed by atoms with Crippen LogP contribution in [0.2, 0.25) is 0 Å². The first-order chi connectivity index (χ1) is 14.6. The number of fused-ring (bicyclic) bond motifs is 1. The van der Waals surface area contributed by atoms with Gasteiger partial charge in [-0.25, -0.2) is 4.98 Å². The fraction of sp³-hybridized carbons (Fsp3) is 0.739. The van der Waals surface area contributed by atoms with Gasteiger partial charge in [0.25, 0.3) is 5.56 Å². The molecule has 4 rings (SSSR count). The molecule has 0 bridgehead atoms. The van der Waals surface area contributed by atoms with Crippen molar-refractivity contribution in [3.63, 3.8) is 0 Å². The number of likely N-dealkylation sites (tertiary alicyclic amines) is 1. The van der Waals surface area contributed by atoms with Gasteiger partial charge in [0.1, 0.15) is 5.82 Å². The molecule has 30 heavy (non-hydrogen) atoms. The quantitative estimate of drug-likeness (QED) is 0.802. The van der Waals surface area contributed by atoms with Crippen molar-refractivity contribution < 1.29 is 9.59 Å². The molecule has 1 saturated carbocycles. The topological polar surface area (TPSA) is 86.4 Å². The highest BCUT2D eigenvalue weighted by Crippen LogP contribution is 2.31. The highest BCUT2D eigenvalue weighted by Gasteiger charge is 2.33. The van der Waals surface area contributed by atoms with Crippen LogP contribution in [-0.4, -0.2) is 44.7 Å². The molecule has 1 saturated heterocycles. The first kappa shape index (κ1) is 21.1. The van der Waals surface area contributed by atoms with Gasteiger partial charge in [-0.1, -0.05) is 26.2 Å². The smallest absolute Gasteiger partial charge is 0.256 e. The van der Waals surface area contributed by atoms with E-state index in [-0.39, 0.29) is 23.4 Å². The third kappa shape index (κ3) is 4.44. The van der Waals surface area contributed by atoms with Crippen molar-refractivity contribution in [2.75, 3.05) is 13.1 Å². The lowest BCUT2D eigenvalue weighted by molar-refractivity contribution is -0.134. The van der Waals surface area contributed by atoms with E-state index in [4.69, 9.17) is 4.98 Å². The first-order valence-electron chi connectivity index (χ1n) is 11.8. The van der Waals surface area contributed by atoms with E-state index < -0.39 is 0 Å². The van der Waals surface area contributed by atoms with Gasteiger partial charge in [-0.2, -0.15) is 0 Å². The van der Waals surface area contributed by atoms with Crippen molar-refractivity contribution in [2.24, 2.45) is 5.92 Å². The van der Waals surface area contributed by atoms with Crippen LogP contribution in [0.15, 0.2) is 4.79 Å². The van der Waals surface area contributed by atoms with Crippen LogP contribution >= 0.6 is 0 Å². The van der Waals surface area contributed by atoms with E-state index in [1.165, 1.54) is 19.3 Å². The normalized spacial score (nSPS) is 22.2. The van der Waals surface area contributed by atoms with Gasteiger partial charge in [0.15, 0.2) is 0 Å². The molecule has 0 aromatic carbocycles. The highest BCUT2D eigenvalue weighted by molar-refractivity contribution is 5.77. The molecule has 164 valence electrons. The molecule has 7 nitrogen and oxygen atoms in total. The average molecular weight is 415 g/mol. The van der Waals surface area contributed by atoms with E-state index in [0.29, 0.717) is 49.7 Å². The Labute approximate surface area is 178 Å². The van der Waals surface area contributed by atoms with Crippen LogP contribution in [0.1, 0.15) is 94.3 Å². The van der Waals surface area contributed by atoms with Crippen molar-refractivity contribution in [3.05, 3.63) is 27.4 Å². The second kappa shape index (κ2) is 9.31. The molecule has 2 amide bonds. The predicted octanol–water partition coefficient (Wildman–Crippen LogP) is 3.09. The van der Waals surface area contributed by atoms with E-state index in [0.717, 1.165) is 44.3 Å². The monoisotopic (exact) mass is 414 g/mol. The summed E-state index contributed by atoms with van der Waals surface area (Å²) in [6, 6.07) is -0.131. The zero-order valence-corrected chi connectivity index (χ0v) is 18.1. The number of hydrogen-bond donors (Lipinski definition) is 1. The van der Waals surface area contributed by atoms with Gasteiger partial charge in [0.2, 0.25) is 11.8 Å². The average Bonchev–Trinajstić information content (AvgIpc) is 3.24. The zero-order chi connectivity index (χ0) is 21.1. The Bertz CT molecular complexity index is 843. The zero-order valence-electron chi connectivity index (χ0n) is 18.1. The first-order valence-corrected chi connectivity index (χ1v) is 11.8. The Morgan fingerprint density at radius 1 is 1.07 bits per heavy atom. The maximum absolute atomic E-state index is 12.9. The van der Waals surface area contributed by atoms with E-state index in [9.17, 15) is 14.4 Å². The summed E-state index contributed by atoms with van der Waals surface area (Å²) in [4.78, 5) is 49.5. The minimum atomic E-state index is -0.153. The maximum Gasteiger partial charge on any atom is 0.256 e. The van der Waals surface area contributed by atoms with Crippen LogP contribution in [0, 0.1) is 5.92 Å². The molecule has 1 N–H and O–H groups in total. The molecule has 1 atom stereocenters. The number of carbonyl (C=O) groups is 2. The van der Waals surface area contributed by atoms with E-state index in [1.54, 1.807) is 0 Å². The molecule has 2 aliphatic heterocycles. The van der Waals surface area contributed by atoms with Crippen LogP contribution in [0.25, 0.3) is 0 Å². The summed E-state index contributed by atoms with van der Waals surface area (Å²) in [5.41, 5.74) is 1.26. The van der Waals surface area contributed by atoms with Gasteiger partial charge in [0.05, 0.1) is 23.8 Å². The number of nitrogens with one attached hydrogen (secondary N) is 1. The van der Waals surface area contributed by atoms with Crippen molar-refractivity contribution >= 4 is 11.8 Å². The largest absolute Gasteiger partial charge is 0.338 e. The van der Waals surface area contributed by atoms with E-state index in [1.807, 2.05) is 16.7 Å². The van der Waals surface area contributed by atoms with Crippen LogP contribution < -0.4 is 5.56 Å². The standard InChI is InChI=1S/C23H34N4O3/c1-2-7-20(28)27-12-6-10-19(27)22-24-18-11-13-26(15-17(18)23(30)25-22)21(29)14-16-8-4-3-5-9-16/h16,19H,2-15H2,1H3,(H,24,25,30). The molecule has 2 fully saturated rings. The Balaban J connectivity index is 1.46. The van der Waals surface area contributed by atoms with Gasteiger partial charge >= 0.3 is 0 Å². The van der Waals surface area contributed by atoms with Crippen LogP contribution in [-0.2, 0) is 22.6 Å². The number of nitrogens with zero attached hydrogens (tertiary/aromatic N) is 3. The molecule has 7 heteroatoms. The van der Waals surface area contributed by atoms with Gasteiger partial charge in [0, 0.05) is 32.4 Å². The molecular formula is C23H34N4O3. The van der Waals surface area contributed by atoms with Crippen LogP contribution in [0.5, 0.6) is 0 Å². The minimum Gasteiger partial charge on any atom is -0.338 e. The number of aromatic amines is 1. The fourth-order valence-corrected chi connectivity index (χ4v) is 5.29. The van der Waals surface area contributed by atoms with Crippen molar-refractivity contribution in [3.8, 4) is 0 Å². The van der Waals surface area contributed by atoms with E-state index >= 15 is 0 Å². The minimum absolute atomic E-state index is 0.131. The lowest BCUT2D eigenvalue weighted by Crippen LogP contribution is -2.41. The number of hydrogen-bond acceptors (Lipinski definition) is 4. The number of aromatic nitrogens is 2. The molecule has 1 unspecified atom stereocenters. The molecule has 0 spiro atoms.